The third-order valence-electron chi connectivity index (χ3n) is 4.27. The highest BCUT2D eigenvalue weighted by Gasteiger charge is 2.24. The molecule has 1 saturated heterocycles. The molecule has 136 valence electrons. The minimum absolute atomic E-state index is 0. The molecular formula is C18H24ClN3O2S. The fourth-order valence-corrected chi connectivity index (χ4v) is 3.58. The van der Waals surface area contributed by atoms with Crippen LogP contribution in [0.25, 0.3) is 0 Å². The van der Waals surface area contributed by atoms with Gasteiger partial charge >= 0.3 is 0 Å². The molecule has 1 aliphatic heterocycles. The van der Waals surface area contributed by atoms with Gasteiger partial charge in [-0.25, -0.2) is 4.98 Å². The number of benzene rings is 1. The van der Waals surface area contributed by atoms with Crippen LogP contribution in [0, 0.1) is 5.92 Å². The summed E-state index contributed by atoms with van der Waals surface area (Å²) in [5.41, 5.74) is 7.26. The smallest absolute Gasteiger partial charge is 0.273 e. The molecule has 2 N–H and O–H groups in total. The quantitative estimate of drug-likeness (QED) is 0.834. The predicted molar refractivity (Wildman–Crippen MR) is 102 cm³/mol. The first-order valence-electron chi connectivity index (χ1n) is 8.31. The Morgan fingerprint density at radius 1 is 1.28 bits per heavy atom. The fraction of sp³-hybridized carbons (Fsp3) is 0.444. The lowest BCUT2D eigenvalue weighted by Crippen LogP contribution is -2.37. The van der Waals surface area contributed by atoms with Crippen LogP contribution in [0.1, 0.15) is 33.9 Å². The number of hydrogen-bond acceptors (Lipinski definition) is 5. The standard InChI is InChI=1S/C18H23N3O2S.ClH/c19-10-17-20-16(13-24-17)18(22)21(11-14-4-2-1-3-5-14)12-15-6-8-23-9-7-15;/h1-5,13,15H,6-12,19H2;1H. The summed E-state index contributed by atoms with van der Waals surface area (Å²) < 4.78 is 5.43. The third kappa shape index (κ3) is 5.51. The number of nitrogens with zero attached hydrogens (tertiary/aromatic N) is 2. The highest BCUT2D eigenvalue weighted by Crippen LogP contribution is 2.20. The van der Waals surface area contributed by atoms with E-state index in [1.165, 1.54) is 11.3 Å². The normalized spacial score (nSPS) is 14.8. The molecule has 0 spiro atoms. The van der Waals surface area contributed by atoms with Crippen molar-refractivity contribution in [3.8, 4) is 0 Å². The van der Waals surface area contributed by atoms with Gasteiger partial charge in [-0.2, -0.15) is 0 Å². The molecule has 3 rings (SSSR count). The summed E-state index contributed by atoms with van der Waals surface area (Å²) in [6.07, 6.45) is 2.01. The zero-order chi connectivity index (χ0) is 16.8. The molecular weight excluding hydrogens is 358 g/mol. The Balaban J connectivity index is 0.00000225. The monoisotopic (exact) mass is 381 g/mol. The second-order valence-corrected chi connectivity index (χ2v) is 7.00. The molecule has 1 aliphatic rings. The maximum atomic E-state index is 13.0. The minimum atomic E-state index is -0.0127. The van der Waals surface area contributed by atoms with Crippen LogP contribution in [-0.2, 0) is 17.8 Å². The van der Waals surface area contributed by atoms with E-state index in [-0.39, 0.29) is 18.3 Å². The lowest BCUT2D eigenvalue weighted by Gasteiger charge is -2.29. The average molecular weight is 382 g/mol. The lowest BCUT2D eigenvalue weighted by molar-refractivity contribution is 0.0443. The van der Waals surface area contributed by atoms with Gasteiger partial charge < -0.3 is 15.4 Å². The Morgan fingerprint density at radius 3 is 2.64 bits per heavy atom. The van der Waals surface area contributed by atoms with E-state index in [1.807, 2.05) is 28.5 Å². The Hall–Kier alpha value is -1.47. The van der Waals surface area contributed by atoms with E-state index < -0.39 is 0 Å². The van der Waals surface area contributed by atoms with Gasteiger partial charge in [0.2, 0.25) is 0 Å². The molecule has 25 heavy (non-hydrogen) atoms. The number of carbonyl (C=O) groups is 1. The molecule has 1 aromatic heterocycles. The van der Waals surface area contributed by atoms with Crippen molar-refractivity contribution in [3.05, 3.63) is 52.0 Å². The summed E-state index contributed by atoms with van der Waals surface area (Å²) in [6, 6.07) is 10.1. The number of carbonyl (C=O) groups excluding carboxylic acids is 1. The van der Waals surface area contributed by atoms with Gasteiger partial charge in [0.15, 0.2) is 0 Å². The molecule has 0 aliphatic carbocycles. The number of aromatic nitrogens is 1. The van der Waals surface area contributed by atoms with Crippen LogP contribution in [0.15, 0.2) is 35.7 Å². The van der Waals surface area contributed by atoms with Crippen LogP contribution in [-0.4, -0.2) is 35.5 Å². The van der Waals surface area contributed by atoms with Gasteiger partial charge in [-0.1, -0.05) is 30.3 Å². The van der Waals surface area contributed by atoms with Crippen molar-refractivity contribution in [2.45, 2.75) is 25.9 Å². The Morgan fingerprint density at radius 2 is 2.00 bits per heavy atom. The Labute approximate surface area is 158 Å². The SMILES string of the molecule is Cl.NCc1nc(C(=O)N(Cc2ccccc2)CC2CCOCC2)cs1. The van der Waals surface area contributed by atoms with Crippen molar-refractivity contribution in [1.29, 1.82) is 0 Å². The Bertz CT molecular complexity index is 659. The number of rotatable bonds is 6. The molecule has 2 aromatic rings. The van der Waals surface area contributed by atoms with E-state index in [0.717, 1.165) is 43.2 Å². The summed E-state index contributed by atoms with van der Waals surface area (Å²) in [7, 11) is 0. The van der Waals surface area contributed by atoms with Crippen molar-refractivity contribution in [2.75, 3.05) is 19.8 Å². The van der Waals surface area contributed by atoms with E-state index in [9.17, 15) is 4.79 Å². The number of nitrogens with two attached hydrogens (primary N) is 1. The molecule has 7 heteroatoms. The fourth-order valence-electron chi connectivity index (χ4n) is 2.93. The zero-order valence-electron chi connectivity index (χ0n) is 14.1. The number of ether oxygens (including phenoxy) is 1. The van der Waals surface area contributed by atoms with Gasteiger partial charge in [0.25, 0.3) is 5.91 Å². The largest absolute Gasteiger partial charge is 0.381 e. The van der Waals surface area contributed by atoms with Gasteiger partial charge in [-0.05, 0) is 24.3 Å². The third-order valence-corrected chi connectivity index (χ3v) is 5.14. The van der Waals surface area contributed by atoms with Crippen molar-refractivity contribution >= 4 is 29.7 Å². The van der Waals surface area contributed by atoms with Crippen molar-refractivity contribution in [1.82, 2.24) is 9.88 Å². The second-order valence-electron chi connectivity index (χ2n) is 6.06. The van der Waals surface area contributed by atoms with Crippen LogP contribution in [0.3, 0.4) is 0 Å². The first-order chi connectivity index (χ1) is 11.8. The van der Waals surface area contributed by atoms with Crippen LogP contribution in [0.5, 0.6) is 0 Å². The molecule has 5 nitrogen and oxygen atoms in total. The number of thiazole rings is 1. The molecule has 1 aromatic carbocycles. The van der Waals surface area contributed by atoms with Crippen molar-refractivity contribution in [3.63, 3.8) is 0 Å². The van der Waals surface area contributed by atoms with Gasteiger partial charge in [0.05, 0.1) is 0 Å². The van der Waals surface area contributed by atoms with E-state index in [0.29, 0.717) is 24.7 Å². The molecule has 0 unspecified atom stereocenters. The summed E-state index contributed by atoms with van der Waals surface area (Å²) in [5, 5.41) is 2.61. The van der Waals surface area contributed by atoms with E-state index in [4.69, 9.17) is 10.5 Å². The summed E-state index contributed by atoms with van der Waals surface area (Å²) in [5.74, 6) is 0.473. The molecule has 2 heterocycles. The lowest BCUT2D eigenvalue weighted by atomic mass is 9.99. The highest BCUT2D eigenvalue weighted by molar-refractivity contribution is 7.09. The maximum absolute atomic E-state index is 13.0. The van der Waals surface area contributed by atoms with Gasteiger partial charge in [0, 0.05) is 38.2 Å². The van der Waals surface area contributed by atoms with E-state index in [2.05, 4.69) is 17.1 Å². The first kappa shape index (κ1) is 19.8. The van der Waals surface area contributed by atoms with Crippen LogP contribution >= 0.6 is 23.7 Å². The molecule has 1 fully saturated rings. The highest BCUT2D eigenvalue weighted by atomic mass is 35.5. The van der Waals surface area contributed by atoms with Crippen molar-refractivity contribution in [2.24, 2.45) is 11.7 Å². The molecule has 0 saturated carbocycles. The Kier molecular flexibility index (Phi) is 7.84. The summed E-state index contributed by atoms with van der Waals surface area (Å²) in [4.78, 5) is 19.2. The number of halogens is 1. The van der Waals surface area contributed by atoms with E-state index >= 15 is 0 Å². The first-order valence-corrected chi connectivity index (χ1v) is 9.19. The van der Waals surface area contributed by atoms with Gasteiger partial charge in [-0.15, -0.1) is 23.7 Å². The maximum Gasteiger partial charge on any atom is 0.273 e. The van der Waals surface area contributed by atoms with E-state index in [1.54, 1.807) is 0 Å². The summed E-state index contributed by atoms with van der Waals surface area (Å²) in [6.45, 7) is 3.29. The number of hydrogen-bond donors (Lipinski definition) is 1. The average Bonchev–Trinajstić information content (AvgIpc) is 3.11. The van der Waals surface area contributed by atoms with Crippen LogP contribution in [0.2, 0.25) is 0 Å². The van der Waals surface area contributed by atoms with Gasteiger partial charge in [0.1, 0.15) is 10.7 Å². The van der Waals surface area contributed by atoms with Crippen molar-refractivity contribution < 1.29 is 9.53 Å². The zero-order valence-corrected chi connectivity index (χ0v) is 15.7. The topological polar surface area (TPSA) is 68.5 Å². The molecule has 0 bridgehead atoms. The molecule has 0 radical (unpaired) electrons. The predicted octanol–water partition coefficient (Wildman–Crippen LogP) is 3.09. The van der Waals surface area contributed by atoms with Crippen LogP contribution < -0.4 is 5.73 Å². The minimum Gasteiger partial charge on any atom is -0.381 e. The van der Waals surface area contributed by atoms with Crippen LogP contribution in [0.4, 0.5) is 0 Å². The second kappa shape index (κ2) is 9.87. The number of amides is 1. The summed E-state index contributed by atoms with van der Waals surface area (Å²) >= 11 is 1.44. The molecule has 1 amide bonds. The molecule has 0 atom stereocenters. The van der Waals surface area contributed by atoms with Gasteiger partial charge in [-0.3, -0.25) is 4.79 Å².